The van der Waals surface area contributed by atoms with Crippen LogP contribution in [-0.2, 0) is 16.1 Å². The van der Waals surface area contributed by atoms with Gasteiger partial charge in [0.05, 0.1) is 5.52 Å². The Kier molecular flexibility index (Phi) is 4.93. The molecule has 0 unspecified atom stereocenters. The first kappa shape index (κ1) is 17.6. The molecular weight excluding hydrogens is 354 g/mol. The number of Topliss-reactive ketones (excluding diaryl/α,β-unsaturated/α-hetero) is 1. The molecule has 1 atom stereocenters. The molecule has 3 aromatic carbocycles. The molecule has 4 aromatic rings. The van der Waals surface area contributed by atoms with Crippen LogP contribution in [0.5, 0.6) is 0 Å². The molecule has 0 saturated carbocycles. The lowest BCUT2D eigenvalue weighted by molar-refractivity contribution is -0.148. The summed E-state index contributed by atoms with van der Waals surface area (Å²) in [5.41, 5.74) is 2.52. The van der Waals surface area contributed by atoms with Gasteiger partial charge in [0.15, 0.2) is 6.10 Å². The van der Waals surface area contributed by atoms with Crippen molar-refractivity contribution in [1.29, 1.82) is 0 Å². The van der Waals surface area contributed by atoms with E-state index in [4.69, 9.17) is 4.74 Å². The number of benzene rings is 3. The fourth-order valence-corrected chi connectivity index (χ4v) is 2.98. The van der Waals surface area contributed by atoms with Gasteiger partial charge in [0.1, 0.15) is 12.1 Å². The zero-order chi connectivity index (χ0) is 19.3. The van der Waals surface area contributed by atoms with E-state index < -0.39 is 12.1 Å². The van der Waals surface area contributed by atoms with Crippen molar-refractivity contribution in [3.8, 4) is 0 Å². The Labute approximate surface area is 161 Å². The van der Waals surface area contributed by atoms with E-state index in [0.717, 1.165) is 5.52 Å². The van der Waals surface area contributed by atoms with Crippen molar-refractivity contribution in [3.63, 3.8) is 0 Å². The molecule has 4 rings (SSSR count). The van der Waals surface area contributed by atoms with E-state index >= 15 is 0 Å². The molecule has 6 heteroatoms. The van der Waals surface area contributed by atoms with Crippen molar-refractivity contribution in [2.75, 3.05) is 0 Å². The summed E-state index contributed by atoms with van der Waals surface area (Å²) in [6.07, 6.45) is -1.02. The van der Waals surface area contributed by atoms with Gasteiger partial charge in [0, 0.05) is 11.1 Å². The van der Waals surface area contributed by atoms with Crippen LogP contribution in [0.15, 0.2) is 84.9 Å². The van der Waals surface area contributed by atoms with Gasteiger partial charge in [-0.25, -0.2) is 4.68 Å². The average Bonchev–Trinajstić information content (AvgIpc) is 3.15. The van der Waals surface area contributed by atoms with Gasteiger partial charge in [-0.1, -0.05) is 78.0 Å². The van der Waals surface area contributed by atoms with Gasteiger partial charge >= 0.3 is 5.97 Å². The van der Waals surface area contributed by atoms with Gasteiger partial charge in [0.25, 0.3) is 0 Å². The number of carbonyl (C=O) groups excluding carboxylic acids is 2. The summed E-state index contributed by atoms with van der Waals surface area (Å²) in [6, 6.07) is 25.1. The van der Waals surface area contributed by atoms with E-state index in [2.05, 4.69) is 10.3 Å². The quantitative estimate of drug-likeness (QED) is 0.382. The van der Waals surface area contributed by atoms with E-state index in [-0.39, 0.29) is 12.3 Å². The number of carbonyl (C=O) groups is 2. The molecule has 0 radical (unpaired) electrons. The third-order valence-electron chi connectivity index (χ3n) is 4.35. The molecule has 0 spiro atoms. The molecule has 1 heterocycles. The number of hydrogen-bond donors (Lipinski definition) is 0. The number of aromatic nitrogens is 3. The predicted octanol–water partition coefficient (Wildman–Crippen LogP) is 3.60. The topological polar surface area (TPSA) is 74.1 Å². The van der Waals surface area contributed by atoms with Gasteiger partial charge in [-0.05, 0) is 12.1 Å². The first-order chi connectivity index (χ1) is 13.7. The largest absolute Gasteiger partial charge is 0.448 e. The minimum Gasteiger partial charge on any atom is -0.448 e. The Balaban J connectivity index is 1.58. The highest BCUT2D eigenvalue weighted by atomic mass is 16.5. The number of ether oxygens (including phenoxy) is 1. The van der Waals surface area contributed by atoms with Crippen LogP contribution in [0.4, 0.5) is 0 Å². The molecule has 0 bridgehead atoms. The van der Waals surface area contributed by atoms with Crippen molar-refractivity contribution in [2.24, 2.45) is 0 Å². The van der Waals surface area contributed by atoms with Crippen LogP contribution in [-0.4, -0.2) is 26.7 Å². The maximum Gasteiger partial charge on any atom is 0.328 e. The lowest BCUT2D eigenvalue weighted by Gasteiger charge is -2.17. The normalized spacial score (nSPS) is 11.9. The molecule has 138 valence electrons. The first-order valence-corrected chi connectivity index (χ1v) is 8.84. The highest BCUT2D eigenvalue weighted by Crippen LogP contribution is 2.23. The molecule has 0 aliphatic carbocycles. The maximum absolute atomic E-state index is 13.0. The summed E-state index contributed by atoms with van der Waals surface area (Å²) >= 11 is 0. The second-order valence-electron chi connectivity index (χ2n) is 6.25. The summed E-state index contributed by atoms with van der Waals surface area (Å²) in [6.45, 7) is -0.133. The SMILES string of the molecule is O=C(Cn1nnc2ccccc21)O[C@H](C(=O)c1ccccc1)c1ccccc1. The molecular formula is C22H17N3O3. The monoisotopic (exact) mass is 371 g/mol. The van der Waals surface area contributed by atoms with Crippen LogP contribution in [0.25, 0.3) is 11.0 Å². The standard InChI is InChI=1S/C22H17N3O3/c26-20(15-25-19-14-8-7-13-18(19)23-24-25)28-22(17-11-5-2-6-12-17)21(27)16-9-3-1-4-10-16/h1-14,22H,15H2/t22-/m0/s1. The third-order valence-corrected chi connectivity index (χ3v) is 4.35. The highest BCUT2D eigenvalue weighted by Gasteiger charge is 2.26. The fraction of sp³-hybridized carbons (Fsp3) is 0.0909. The van der Waals surface area contributed by atoms with E-state index in [1.807, 2.05) is 36.4 Å². The summed E-state index contributed by atoms with van der Waals surface area (Å²) in [5, 5.41) is 8.03. The average molecular weight is 371 g/mol. The van der Waals surface area contributed by atoms with Gasteiger partial charge in [-0.15, -0.1) is 5.10 Å². The molecule has 0 N–H and O–H groups in total. The Hall–Kier alpha value is -3.80. The minimum atomic E-state index is -1.02. The smallest absolute Gasteiger partial charge is 0.328 e. The zero-order valence-corrected chi connectivity index (χ0v) is 14.9. The third kappa shape index (κ3) is 3.66. The van der Waals surface area contributed by atoms with Crippen molar-refractivity contribution in [2.45, 2.75) is 12.6 Å². The molecule has 0 aliphatic heterocycles. The number of ketones is 1. The lowest BCUT2D eigenvalue weighted by atomic mass is 10.00. The molecule has 0 saturated heterocycles. The number of hydrogen-bond acceptors (Lipinski definition) is 5. The van der Waals surface area contributed by atoms with Crippen LogP contribution < -0.4 is 0 Å². The molecule has 0 fully saturated rings. The van der Waals surface area contributed by atoms with Crippen molar-refractivity contribution in [3.05, 3.63) is 96.1 Å². The van der Waals surface area contributed by atoms with E-state index in [9.17, 15) is 9.59 Å². The van der Waals surface area contributed by atoms with Crippen LogP contribution >= 0.6 is 0 Å². The van der Waals surface area contributed by atoms with Crippen LogP contribution in [0.1, 0.15) is 22.0 Å². The number of esters is 1. The summed E-state index contributed by atoms with van der Waals surface area (Å²) < 4.78 is 7.06. The maximum atomic E-state index is 13.0. The molecule has 28 heavy (non-hydrogen) atoms. The summed E-state index contributed by atoms with van der Waals surface area (Å²) in [5.74, 6) is -0.836. The number of rotatable bonds is 6. The van der Waals surface area contributed by atoms with Crippen molar-refractivity contribution >= 4 is 22.8 Å². The van der Waals surface area contributed by atoms with E-state index in [1.165, 1.54) is 4.68 Å². The van der Waals surface area contributed by atoms with Gasteiger partial charge in [-0.2, -0.15) is 0 Å². The Morgan fingerprint density at radius 2 is 1.50 bits per heavy atom. The van der Waals surface area contributed by atoms with Gasteiger partial charge in [0.2, 0.25) is 5.78 Å². The number of nitrogens with zero attached hydrogens (tertiary/aromatic N) is 3. The minimum absolute atomic E-state index is 0.133. The molecule has 6 nitrogen and oxygen atoms in total. The predicted molar refractivity (Wildman–Crippen MR) is 104 cm³/mol. The lowest BCUT2D eigenvalue weighted by Crippen LogP contribution is -2.23. The van der Waals surface area contributed by atoms with Gasteiger partial charge < -0.3 is 4.74 Å². The Morgan fingerprint density at radius 1 is 0.857 bits per heavy atom. The Morgan fingerprint density at radius 3 is 2.25 bits per heavy atom. The van der Waals surface area contributed by atoms with Gasteiger partial charge in [-0.3, -0.25) is 9.59 Å². The summed E-state index contributed by atoms with van der Waals surface area (Å²) in [7, 11) is 0. The highest BCUT2D eigenvalue weighted by molar-refractivity contribution is 6.01. The van der Waals surface area contributed by atoms with E-state index in [1.54, 1.807) is 48.5 Å². The van der Waals surface area contributed by atoms with Crippen molar-refractivity contribution in [1.82, 2.24) is 15.0 Å². The summed E-state index contributed by atoms with van der Waals surface area (Å²) in [4.78, 5) is 25.6. The first-order valence-electron chi connectivity index (χ1n) is 8.84. The van der Waals surface area contributed by atoms with Crippen LogP contribution in [0.2, 0.25) is 0 Å². The van der Waals surface area contributed by atoms with Crippen LogP contribution in [0, 0.1) is 0 Å². The molecule has 0 amide bonds. The Bertz CT molecular complexity index is 1110. The second kappa shape index (κ2) is 7.84. The molecule has 1 aromatic heterocycles. The fourth-order valence-electron chi connectivity index (χ4n) is 2.98. The zero-order valence-electron chi connectivity index (χ0n) is 14.9. The van der Waals surface area contributed by atoms with Crippen LogP contribution in [0.3, 0.4) is 0 Å². The van der Waals surface area contributed by atoms with Crippen molar-refractivity contribution < 1.29 is 14.3 Å². The molecule has 0 aliphatic rings. The second-order valence-corrected chi connectivity index (χ2v) is 6.25. The number of para-hydroxylation sites is 1. The number of fused-ring (bicyclic) bond motifs is 1. The van der Waals surface area contributed by atoms with E-state index in [0.29, 0.717) is 16.6 Å².